The molecule has 3 nitrogen and oxygen atoms in total. The molecule has 0 saturated heterocycles. The molecule has 2 aromatic rings. The van der Waals surface area contributed by atoms with Gasteiger partial charge in [0.2, 0.25) is 0 Å². The van der Waals surface area contributed by atoms with Crippen LogP contribution in [0.1, 0.15) is 26.3 Å². The number of anilines is 1. The number of nitrogens with zero attached hydrogens (tertiary/aromatic N) is 2. The molecule has 0 amide bonds. The molecule has 0 aliphatic rings. The first-order valence-electron chi connectivity index (χ1n) is 5.81. The lowest BCUT2D eigenvalue weighted by atomic mass is 10.1. The number of benzene rings is 1. The van der Waals surface area contributed by atoms with Gasteiger partial charge in [-0.1, -0.05) is 24.3 Å². The second kappa shape index (κ2) is 3.91. The second-order valence-electron chi connectivity index (χ2n) is 5.35. The third-order valence-electron chi connectivity index (χ3n) is 2.79. The van der Waals surface area contributed by atoms with Gasteiger partial charge in [0.15, 0.2) is 0 Å². The van der Waals surface area contributed by atoms with Crippen LogP contribution in [-0.2, 0) is 5.54 Å². The largest absolute Gasteiger partial charge is 0.384 e. The molecule has 0 bridgehead atoms. The number of hydrogen-bond donors (Lipinski definition) is 1. The monoisotopic (exact) mass is 229 g/mol. The van der Waals surface area contributed by atoms with Gasteiger partial charge in [0.25, 0.3) is 0 Å². The van der Waals surface area contributed by atoms with E-state index < -0.39 is 0 Å². The molecule has 0 saturated carbocycles. The van der Waals surface area contributed by atoms with Crippen LogP contribution in [-0.4, -0.2) is 9.78 Å². The summed E-state index contributed by atoms with van der Waals surface area (Å²) in [6, 6.07) is 10.1. The fourth-order valence-electron chi connectivity index (χ4n) is 1.92. The van der Waals surface area contributed by atoms with Gasteiger partial charge in [-0.3, -0.25) is 0 Å². The van der Waals surface area contributed by atoms with Crippen LogP contribution in [0.2, 0.25) is 0 Å². The minimum Gasteiger partial charge on any atom is -0.384 e. The summed E-state index contributed by atoms with van der Waals surface area (Å²) in [4.78, 5) is 0. The van der Waals surface area contributed by atoms with E-state index in [1.165, 1.54) is 5.56 Å². The van der Waals surface area contributed by atoms with Crippen molar-refractivity contribution in [3.8, 4) is 11.3 Å². The topological polar surface area (TPSA) is 43.8 Å². The van der Waals surface area contributed by atoms with Crippen LogP contribution >= 0.6 is 0 Å². The Bertz CT molecular complexity index is 533. The van der Waals surface area contributed by atoms with E-state index in [-0.39, 0.29) is 5.54 Å². The van der Waals surface area contributed by atoms with Crippen molar-refractivity contribution in [3.63, 3.8) is 0 Å². The predicted octanol–water partition coefficient (Wildman–Crippen LogP) is 3.20. The van der Waals surface area contributed by atoms with Crippen molar-refractivity contribution in [2.45, 2.75) is 33.2 Å². The van der Waals surface area contributed by atoms with Gasteiger partial charge in [-0.05, 0) is 33.3 Å². The molecule has 1 aromatic carbocycles. The summed E-state index contributed by atoms with van der Waals surface area (Å²) in [7, 11) is 0. The highest BCUT2D eigenvalue weighted by molar-refractivity contribution is 5.65. The minimum absolute atomic E-state index is 0.0922. The van der Waals surface area contributed by atoms with Gasteiger partial charge >= 0.3 is 0 Å². The summed E-state index contributed by atoms with van der Waals surface area (Å²) in [5.41, 5.74) is 9.22. The van der Waals surface area contributed by atoms with Crippen LogP contribution < -0.4 is 5.73 Å². The van der Waals surface area contributed by atoms with E-state index in [9.17, 15) is 0 Å². The number of nitrogens with two attached hydrogens (primary N) is 1. The van der Waals surface area contributed by atoms with Gasteiger partial charge in [0.1, 0.15) is 5.82 Å². The summed E-state index contributed by atoms with van der Waals surface area (Å²) >= 11 is 0. The Morgan fingerprint density at radius 3 is 2.35 bits per heavy atom. The molecule has 0 atom stereocenters. The Balaban J connectivity index is 2.53. The first kappa shape index (κ1) is 11.7. The average Bonchev–Trinajstić information content (AvgIpc) is 2.60. The molecule has 0 aliphatic heterocycles. The van der Waals surface area contributed by atoms with Crippen LogP contribution in [0.4, 0.5) is 5.82 Å². The number of rotatable bonds is 1. The van der Waals surface area contributed by atoms with E-state index >= 15 is 0 Å². The van der Waals surface area contributed by atoms with Crippen LogP contribution in [0.25, 0.3) is 11.3 Å². The molecule has 3 heteroatoms. The van der Waals surface area contributed by atoms with E-state index in [2.05, 4.69) is 44.9 Å². The van der Waals surface area contributed by atoms with Crippen molar-refractivity contribution >= 4 is 5.82 Å². The Hall–Kier alpha value is -1.77. The van der Waals surface area contributed by atoms with E-state index in [1.54, 1.807) is 0 Å². The van der Waals surface area contributed by atoms with Gasteiger partial charge < -0.3 is 5.73 Å². The standard InChI is InChI=1S/C14H19N3/c1-10-7-5-6-8-11(10)12-9-13(15)17(16-12)14(2,3)4/h5-9H,15H2,1-4H3. The summed E-state index contributed by atoms with van der Waals surface area (Å²) in [6.07, 6.45) is 0. The lowest BCUT2D eigenvalue weighted by Gasteiger charge is -2.20. The van der Waals surface area contributed by atoms with Crippen LogP contribution in [0, 0.1) is 6.92 Å². The molecule has 2 N–H and O–H groups in total. The number of aromatic nitrogens is 2. The quantitative estimate of drug-likeness (QED) is 0.816. The van der Waals surface area contributed by atoms with Gasteiger partial charge in [-0.2, -0.15) is 5.10 Å². The maximum Gasteiger partial charge on any atom is 0.122 e. The summed E-state index contributed by atoms with van der Waals surface area (Å²) in [6.45, 7) is 8.37. The number of hydrogen-bond acceptors (Lipinski definition) is 2. The van der Waals surface area contributed by atoms with Gasteiger partial charge in [0.05, 0.1) is 11.2 Å². The van der Waals surface area contributed by atoms with Crippen molar-refractivity contribution in [2.75, 3.05) is 5.73 Å². The molecule has 1 aromatic heterocycles. The highest BCUT2D eigenvalue weighted by Crippen LogP contribution is 2.27. The molecule has 1 heterocycles. The van der Waals surface area contributed by atoms with E-state index in [1.807, 2.05) is 22.9 Å². The zero-order valence-electron chi connectivity index (χ0n) is 10.9. The normalized spacial score (nSPS) is 11.8. The fourth-order valence-corrected chi connectivity index (χ4v) is 1.92. The summed E-state index contributed by atoms with van der Waals surface area (Å²) in [5, 5.41) is 4.60. The first-order valence-corrected chi connectivity index (χ1v) is 5.81. The molecule has 0 radical (unpaired) electrons. The lowest BCUT2D eigenvalue weighted by Crippen LogP contribution is -2.24. The molecular weight excluding hydrogens is 210 g/mol. The molecule has 2 rings (SSSR count). The molecule has 17 heavy (non-hydrogen) atoms. The maximum atomic E-state index is 6.02. The highest BCUT2D eigenvalue weighted by atomic mass is 15.3. The van der Waals surface area contributed by atoms with E-state index in [4.69, 9.17) is 5.73 Å². The van der Waals surface area contributed by atoms with E-state index in [0.29, 0.717) is 5.82 Å². The van der Waals surface area contributed by atoms with Crippen molar-refractivity contribution in [1.82, 2.24) is 9.78 Å². The zero-order valence-corrected chi connectivity index (χ0v) is 10.9. The molecule has 90 valence electrons. The Morgan fingerprint density at radius 1 is 1.18 bits per heavy atom. The number of nitrogen functional groups attached to an aromatic ring is 1. The highest BCUT2D eigenvalue weighted by Gasteiger charge is 2.18. The smallest absolute Gasteiger partial charge is 0.122 e. The van der Waals surface area contributed by atoms with Crippen LogP contribution in [0.5, 0.6) is 0 Å². The Morgan fingerprint density at radius 2 is 1.82 bits per heavy atom. The predicted molar refractivity (Wildman–Crippen MR) is 71.8 cm³/mol. The maximum absolute atomic E-state index is 6.02. The van der Waals surface area contributed by atoms with Crippen molar-refractivity contribution < 1.29 is 0 Å². The SMILES string of the molecule is Cc1ccccc1-c1cc(N)n(C(C)(C)C)n1. The number of aryl methyl sites for hydroxylation is 1. The lowest BCUT2D eigenvalue weighted by molar-refractivity contribution is 0.362. The first-order chi connectivity index (χ1) is 7.89. The van der Waals surface area contributed by atoms with Crippen LogP contribution in [0.15, 0.2) is 30.3 Å². The van der Waals surface area contributed by atoms with Gasteiger partial charge in [-0.15, -0.1) is 0 Å². The van der Waals surface area contributed by atoms with Crippen molar-refractivity contribution in [1.29, 1.82) is 0 Å². The summed E-state index contributed by atoms with van der Waals surface area (Å²) < 4.78 is 1.87. The molecule has 0 unspecified atom stereocenters. The third kappa shape index (κ3) is 2.18. The van der Waals surface area contributed by atoms with Gasteiger partial charge in [-0.25, -0.2) is 4.68 Å². The molecule has 0 aliphatic carbocycles. The molecular formula is C14H19N3. The van der Waals surface area contributed by atoms with Gasteiger partial charge in [0, 0.05) is 11.6 Å². The second-order valence-corrected chi connectivity index (χ2v) is 5.35. The van der Waals surface area contributed by atoms with E-state index in [0.717, 1.165) is 11.3 Å². The Labute approximate surface area is 102 Å². The Kier molecular flexibility index (Phi) is 2.69. The molecule has 0 fully saturated rings. The summed E-state index contributed by atoms with van der Waals surface area (Å²) in [5.74, 6) is 0.704. The third-order valence-corrected chi connectivity index (χ3v) is 2.79. The minimum atomic E-state index is -0.0922. The fraction of sp³-hybridized carbons (Fsp3) is 0.357. The average molecular weight is 229 g/mol. The van der Waals surface area contributed by atoms with Crippen molar-refractivity contribution in [3.05, 3.63) is 35.9 Å². The van der Waals surface area contributed by atoms with Crippen molar-refractivity contribution in [2.24, 2.45) is 0 Å². The van der Waals surface area contributed by atoms with Crippen LogP contribution in [0.3, 0.4) is 0 Å². The zero-order chi connectivity index (χ0) is 12.6. The molecule has 0 spiro atoms.